The third-order valence-electron chi connectivity index (χ3n) is 4.65. The average Bonchev–Trinajstić information content (AvgIpc) is 3.26. The van der Waals surface area contributed by atoms with Crippen LogP contribution < -0.4 is 15.6 Å². The Hall–Kier alpha value is -4.20. The van der Waals surface area contributed by atoms with Crippen molar-refractivity contribution in [1.29, 1.82) is 0 Å². The molecule has 0 fully saturated rings. The fourth-order valence-corrected chi connectivity index (χ4v) is 2.97. The van der Waals surface area contributed by atoms with E-state index in [2.05, 4.69) is 15.5 Å². The first-order valence-electron chi connectivity index (χ1n) is 9.57. The molecule has 0 aliphatic rings. The first-order valence-corrected chi connectivity index (χ1v) is 9.57. The summed E-state index contributed by atoms with van der Waals surface area (Å²) in [5.41, 5.74) is 2.80. The molecule has 0 atom stereocenters. The molecule has 2 heterocycles. The van der Waals surface area contributed by atoms with Crippen LogP contribution in [-0.4, -0.2) is 27.7 Å². The summed E-state index contributed by atoms with van der Waals surface area (Å²) in [7, 11) is 1.57. The molecule has 0 saturated heterocycles. The van der Waals surface area contributed by atoms with Crippen molar-refractivity contribution in [3.8, 4) is 28.6 Å². The van der Waals surface area contributed by atoms with Crippen LogP contribution in [0.2, 0.25) is 0 Å². The van der Waals surface area contributed by atoms with Gasteiger partial charge in [0.1, 0.15) is 12.3 Å². The Bertz CT molecular complexity index is 1260. The second-order valence-electron chi connectivity index (χ2n) is 6.95. The van der Waals surface area contributed by atoms with Crippen molar-refractivity contribution in [2.75, 3.05) is 12.4 Å². The second-order valence-corrected chi connectivity index (χ2v) is 6.95. The molecule has 0 radical (unpaired) electrons. The van der Waals surface area contributed by atoms with Gasteiger partial charge in [-0.2, -0.15) is 4.98 Å². The molecule has 31 heavy (non-hydrogen) atoms. The molecule has 8 heteroatoms. The summed E-state index contributed by atoms with van der Waals surface area (Å²) in [4.78, 5) is 29.0. The van der Waals surface area contributed by atoms with Crippen molar-refractivity contribution in [2.24, 2.45) is 0 Å². The van der Waals surface area contributed by atoms with Gasteiger partial charge in [0, 0.05) is 23.5 Å². The maximum atomic E-state index is 12.4. The van der Waals surface area contributed by atoms with E-state index in [0.717, 1.165) is 11.1 Å². The van der Waals surface area contributed by atoms with Crippen LogP contribution in [0, 0.1) is 6.92 Å². The standard InChI is InChI=1S/C23H20N4O4/c1-15-3-5-16(6-4-15)22-25-23(31-26-22)17-7-12-21(29)27(13-17)14-20(28)24-18-8-10-19(30-2)11-9-18/h3-13H,14H2,1-2H3,(H,24,28). The van der Waals surface area contributed by atoms with Crippen molar-refractivity contribution < 1.29 is 14.1 Å². The number of nitrogens with one attached hydrogen (secondary N) is 1. The molecule has 1 amide bonds. The topological polar surface area (TPSA) is 99.2 Å². The highest BCUT2D eigenvalue weighted by atomic mass is 16.5. The minimum absolute atomic E-state index is 0.155. The molecule has 0 spiro atoms. The van der Waals surface area contributed by atoms with E-state index in [9.17, 15) is 9.59 Å². The van der Waals surface area contributed by atoms with Gasteiger partial charge in [-0.05, 0) is 37.3 Å². The Morgan fingerprint density at radius 2 is 1.74 bits per heavy atom. The monoisotopic (exact) mass is 416 g/mol. The number of aryl methyl sites for hydroxylation is 1. The number of hydrogen-bond donors (Lipinski definition) is 1. The van der Waals surface area contributed by atoms with Crippen molar-refractivity contribution in [3.05, 3.63) is 82.8 Å². The quantitative estimate of drug-likeness (QED) is 0.516. The molecule has 0 aliphatic heterocycles. The van der Waals surface area contributed by atoms with Gasteiger partial charge in [-0.15, -0.1) is 0 Å². The molecule has 2 aromatic carbocycles. The number of anilines is 1. The fraction of sp³-hybridized carbons (Fsp3) is 0.130. The first kappa shape index (κ1) is 20.1. The number of benzene rings is 2. The van der Waals surface area contributed by atoms with E-state index in [-0.39, 0.29) is 23.9 Å². The van der Waals surface area contributed by atoms with Gasteiger partial charge in [0.25, 0.3) is 11.4 Å². The SMILES string of the molecule is COc1ccc(NC(=O)Cn2cc(-c3nc(-c4ccc(C)cc4)no3)ccc2=O)cc1. The third kappa shape index (κ3) is 4.69. The van der Waals surface area contributed by atoms with E-state index in [1.807, 2.05) is 31.2 Å². The van der Waals surface area contributed by atoms with Crippen molar-refractivity contribution >= 4 is 11.6 Å². The third-order valence-corrected chi connectivity index (χ3v) is 4.65. The largest absolute Gasteiger partial charge is 0.497 e. The molecular weight excluding hydrogens is 396 g/mol. The molecule has 0 unspecified atom stereocenters. The second kappa shape index (κ2) is 8.66. The van der Waals surface area contributed by atoms with Crippen LogP contribution in [-0.2, 0) is 11.3 Å². The Morgan fingerprint density at radius 1 is 1.03 bits per heavy atom. The number of ether oxygens (including phenoxy) is 1. The maximum absolute atomic E-state index is 12.4. The summed E-state index contributed by atoms with van der Waals surface area (Å²) in [5, 5.41) is 6.77. The summed E-state index contributed by atoms with van der Waals surface area (Å²) in [5.74, 6) is 1.06. The number of carbonyl (C=O) groups is 1. The van der Waals surface area contributed by atoms with Crippen LogP contribution in [0.4, 0.5) is 5.69 Å². The minimum Gasteiger partial charge on any atom is -0.497 e. The minimum atomic E-state index is -0.338. The van der Waals surface area contributed by atoms with E-state index in [1.165, 1.54) is 16.8 Å². The van der Waals surface area contributed by atoms with Gasteiger partial charge in [0.15, 0.2) is 0 Å². The van der Waals surface area contributed by atoms with Crippen LogP contribution in [0.25, 0.3) is 22.8 Å². The molecule has 0 aliphatic carbocycles. The zero-order valence-corrected chi connectivity index (χ0v) is 17.0. The lowest BCUT2D eigenvalue weighted by Crippen LogP contribution is -2.26. The lowest BCUT2D eigenvalue weighted by molar-refractivity contribution is -0.116. The van der Waals surface area contributed by atoms with Crippen molar-refractivity contribution in [1.82, 2.24) is 14.7 Å². The van der Waals surface area contributed by atoms with E-state index >= 15 is 0 Å². The Balaban J connectivity index is 1.51. The number of aromatic nitrogens is 3. The molecule has 8 nitrogen and oxygen atoms in total. The van der Waals surface area contributed by atoms with E-state index in [4.69, 9.17) is 9.26 Å². The van der Waals surface area contributed by atoms with Gasteiger partial charge in [-0.25, -0.2) is 0 Å². The van der Waals surface area contributed by atoms with E-state index < -0.39 is 0 Å². The molecule has 156 valence electrons. The zero-order chi connectivity index (χ0) is 21.8. The average molecular weight is 416 g/mol. The van der Waals surface area contributed by atoms with Crippen LogP contribution in [0.5, 0.6) is 5.75 Å². The van der Waals surface area contributed by atoms with E-state index in [1.54, 1.807) is 37.4 Å². The lowest BCUT2D eigenvalue weighted by Gasteiger charge is -2.08. The predicted molar refractivity (Wildman–Crippen MR) is 116 cm³/mol. The van der Waals surface area contributed by atoms with Crippen molar-refractivity contribution in [3.63, 3.8) is 0 Å². The molecule has 1 N–H and O–H groups in total. The number of methoxy groups -OCH3 is 1. The van der Waals surface area contributed by atoms with Gasteiger partial charge in [0.2, 0.25) is 11.7 Å². The number of amides is 1. The molecule has 0 bridgehead atoms. The van der Waals surface area contributed by atoms with Crippen LogP contribution in [0.15, 0.2) is 76.2 Å². The highest BCUT2D eigenvalue weighted by molar-refractivity contribution is 5.90. The Morgan fingerprint density at radius 3 is 2.45 bits per heavy atom. The van der Waals surface area contributed by atoms with Crippen molar-refractivity contribution in [2.45, 2.75) is 13.5 Å². The number of pyridine rings is 1. The Kier molecular flexibility index (Phi) is 5.61. The molecule has 4 rings (SSSR count). The molecular formula is C23H20N4O4. The van der Waals surface area contributed by atoms with Gasteiger partial charge < -0.3 is 19.1 Å². The van der Waals surface area contributed by atoms with Crippen LogP contribution in [0.1, 0.15) is 5.56 Å². The summed E-state index contributed by atoms with van der Waals surface area (Å²) in [6, 6.07) is 17.6. The molecule has 4 aromatic rings. The highest BCUT2D eigenvalue weighted by Crippen LogP contribution is 2.22. The number of nitrogens with zero attached hydrogens (tertiary/aromatic N) is 3. The summed E-state index contributed by atoms with van der Waals surface area (Å²) in [6.45, 7) is 1.84. The van der Waals surface area contributed by atoms with Gasteiger partial charge in [-0.1, -0.05) is 35.0 Å². The zero-order valence-electron chi connectivity index (χ0n) is 17.0. The fourth-order valence-electron chi connectivity index (χ4n) is 2.97. The number of rotatable bonds is 6. The van der Waals surface area contributed by atoms with Gasteiger partial charge >= 0.3 is 0 Å². The summed E-state index contributed by atoms with van der Waals surface area (Å²) < 4.78 is 11.8. The normalized spacial score (nSPS) is 10.6. The number of carbonyl (C=O) groups excluding carboxylic acids is 1. The maximum Gasteiger partial charge on any atom is 0.259 e. The highest BCUT2D eigenvalue weighted by Gasteiger charge is 2.13. The summed E-state index contributed by atoms with van der Waals surface area (Å²) >= 11 is 0. The van der Waals surface area contributed by atoms with Crippen LogP contribution >= 0.6 is 0 Å². The molecule has 0 saturated carbocycles. The predicted octanol–water partition coefficient (Wildman–Crippen LogP) is 3.52. The lowest BCUT2D eigenvalue weighted by atomic mass is 10.1. The smallest absolute Gasteiger partial charge is 0.259 e. The van der Waals surface area contributed by atoms with Crippen LogP contribution in [0.3, 0.4) is 0 Å². The summed E-state index contributed by atoms with van der Waals surface area (Å²) in [6.07, 6.45) is 1.53. The first-order chi connectivity index (χ1) is 15.0. The number of hydrogen-bond acceptors (Lipinski definition) is 6. The van der Waals surface area contributed by atoms with E-state index in [0.29, 0.717) is 22.8 Å². The Labute approximate surface area is 178 Å². The van der Waals surface area contributed by atoms with Gasteiger partial charge in [-0.3, -0.25) is 9.59 Å². The molecule has 2 aromatic heterocycles. The van der Waals surface area contributed by atoms with Gasteiger partial charge in [0.05, 0.1) is 12.7 Å².